The Kier molecular flexibility index (Phi) is 5.90. The molecule has 1 aliphatic rings. The van der Waals surface area contributed by atoms with Crippen molar-refractivity contribution >= 4 is 33.6 Å². The minimum atomic E-state index is -0.243. The third kappa shape index (κ3) is 4.78. The summed E-state index contributed by atoms with van der Waals surface area (Å²) in [7, 11) is 1.67. The third-order valence-corrected chi connectivity index (χ3v) is 4.19. The minimum absolute atomic E-state index is 0.000134. The molecule has 0 aliphatic carbocycles. The summed E-state index contributed by atoms with van der Waals surface area (Å²) >= 11 is 3.29. The fourth-order valence-electron chi connectivity index (χ4n) is 2.59. The van der Waals surface area contributed by atoms with Crippen LogP contribution in [0, 0.1) is 5.92 Å². The highest BCUT2D eigenvalue weighted by molar-refractivity contribution is 9.10. The first kappa shape index (κ1) is 16.9. The minimum Gasteiger partial charge on any atom is -0.336 e. The normalized spacial score (nSPS) is 21.2. The number of aromatic nitrogens is 1. The Bertz CT molecular complexity index is 535. The van der Waals surface area contributed by atoms with Crippen molar-refractivity contribution < 1.29 is 9.59 Å². The van der Waals surface area contributed by atoms with Gasteiger partial charge in [0.25, 0.3) is 0 Å². The lowest BCUT2D eigenvalue weighted by Crippen LogP contribution is -2.44. The smallest absolute Gasteiger partial charge is 0.245 e. The van der Waals surface area contributed by atoms with Crippen molar-refractivity contribution in [2.75, 3.05) is 25.5 Å². The summed E-state index contributed by atoms with van der Waals surface area (Å²) in [6.07, 6.45) is 3.25. The number of hydrogen-bond donors (Lipinski definition) is 2. The van der Waals surface area contributed by atoms with Crippen LogP contribution in [-0.2, 0) is 9.59 Å². The summed E-state index contributed by atoms with van der Waals surface area (Å²) in [5.74, 6) is 0.268. The zero-order chi connectivity index (χ0) is 16.1. The van der Waals surface area contributed by atoms with Crippen LogP contribution in [0.15, 0.2) is 22.8 Å². The number of pyridine rings is 1. The maximum absolute atomic E-state index is 12.4. The van der Waals surface area contributed by atoms with Gasteiger partial charge in [-0.25, -0.2) is 4.98 Å². The number of piperidine rings is 1. The standard InChI is InChI=1S/C15H21BrN4O2/c1-10-7-11(5-6-17-10)15(22)20(2)9-14(21)19-13-4-3-12(16)8-18-13/h3-4,8,10-11,17H,5-7,9H2,1-2H3,(H,18,19,21)/t10-,11-/m0/s1. The molecule has 2 atom stereocenters. The van der Waals surface area contributed by atoms with E-state index in [0.717, 1.165) is 23.9 Å². The highest BCUT2D eigenvalue weighted by atomic mass is 79.9. The molecule has 22 heavy (non-hydrogen) atoms. The molecule has 0 unspecified atom stereocenters. The molecule has 2 rings (SSSR count). The number of rotatable bonds is 4. The Hall–Kier alpha value is -1.47. The van der Waals surface area contributed by atoms with E-state index < -0.39 is 0 Å². The number of amides is 2. The zero-order valence-electron chi connectivity index (χ0n) is 12.8. The second kappa shape index (κ2) is 7.69. The number of likely N-dealkylation sites (N-methyl/N-ethyl adjacent to an activating group) is 1. The van der Waals surface area contributed by atoms with Gasteiger partial charge in [0.2, 0.25) is 11.8 Å². The van der Waals surface area contributed by atoms with Crippen molar-refractivity contribution in [1.29, 1.82) is 0 Å². The number of nitrogens with zero attached hydrogens (tertiary/aromatic N) is 2. The fourth-order valence-corrected chi connectivity index (χ4v) is 2.83. The molecule has 1 aromatic heterocycles. The summed E-state index contributed by atoms with van der Waals surface area (Å²) < 4.78 is 0.845. The summed E-state index contributed by atoms with van der Waals surface area (Å²) in [4.78, 5) is 29.9. The number of nitrogens with one attached hydrogen (secondary N) is 2. The Morgan fingerprint density at radius 3 is 2.91 bits per heavy atom. The van der Waals surface area contributed by atoms with E-state index in [9.17, 15) is 9.59 Å². The molecule has 120 valence electrons. The predicted octanol–water partition coefficient (Wildman–Crippen LogP) is 1.63. The van der Waals surface area contributed by atoms with Gasteiger partial charge in [-0.2, -0.15) is 0 Å². The van der Waals surface area contributed by atoms with E-state index in [1.54, 1.807) is 25.4 Å². The van der Waals surface area contributed by atoms with E-state index in [0.29, 0.717) is 11.9 Å². The van der Waals surface area contributed by atoms with E-state index in [4.69, 9.17) is 0 Å². The van der Waals surface area contributed by atoms with E-state index in [1.165, 1.54) is 4.90 Å². The van der Waals surface area contributed by atoms with Crippen LogP contribution >= 0.6 is 15.9 Å². The molecular formula is C15H21BrN4O2. The van der Waals surface area contributed by atoms with Crippen LogP contribution in [0.5, 0.6) is 0 Å². The van der Waals surface area contributed by atoms with Crippen LogP contribution in [-0.4, -0.2) is 47.9 Å². The van der Waals surface area contributed by atoms with E-state index in [2.05, 4.69) is 38.5 Å². The maximum atomic E-state index is 12.4. The molecule has 2 N–H and O–H groups in total. The SMILES string of the molecule is C[C@H]1C[C@@H](C(=O)N(C)CC(=O)Nc2ccc(Br)cn2)CCN1. The van der Waals surface area contributed by atoms with Gasteiger partial charge >= 0.3 is 0 Å². The molecule has 0 radical (unpaired) electrons. The number of halogens is 1. The van der Waals surface area contributed by atoms with Crippen LogP contribution in [0.3, 0.4) is 0 Å². The van der Waals surface area contributed by atoms with Crippen molar-refractivity contribution in [3.8, 4) is 0 Å². The van der Waals surface area contributed by atoms with E-state index in [-0.39, 0.29) is 24.3 Å². The van der Waals surface area contributed by atoms with Crippen molar-refractivity contribution in [1.82, 2.24) is 15.2 Å². The van der Waals surface area contributed by atoms with Gasteiger partial charge in [-0.05, 0) is 54.4 Å². The monoisotopic (exact) mass is 368 g/mol. The Balaban J connectivity index is 1.85. The van der Waals surface area contributed by atoms with Crippen molar-refractivity contribution in [3.63, 3.8) is 0 Å². The summed E-state index contributed by atoms with van der Waals surface area (Å²) in [5.41, 5.74) is 0. The number of carbonyl (C=O) groups excluding carboxylic acids is 2. The van der Waals surface area contributed by atoms with Gasteiger partial charge in [-0.15, -0.1) is 0 Å². The highest BCUT2D eigenvalue weighted by Gasteiger charge is 2.27. The van der Waals surface area contributed by atoms with Crippen LogP contribution in [0.2, 0.25) is 0 Å². The molecule has 2 heterocycles. The second-order valence-corrected chi connectivity index (χ2v) is 6.60. The van der Waals surface area contributed by atoms with Crippen LogP contribution in [0.1, 0.15) is 19.8 Å². The van der Waals surface area contributed by atoms with E-state index in [1.807, 2.05) is 0 Å². The summed E-state index contributed by atoms with van der Waals surface area (Å²) in [6.45, 7) is 2.96. The van der Waals surface area contributed by atoms with Crippen molar-refractivity contribution in [2.45, 2.75) is 25.8 Å². The largest absolute Gasteiger partial charge is 0.336 e. The molecule has 0 saturated carbocycles. The highest BCUT2D eigenvalue weighted by Crippen LogP contribution is 2.18. The molecule has 2 amide bonds. The Morgan fingerprint density at radius 1 is 1.50 bits per heavy atom. The predicted molar refractivity (Wildman–Crippen MR) is 88.4 cm³/mol. The Morgan fingerprint density at radius 2 is 2.27 bits per heavy atom. The zero-order valence-corrected chi connectivity index (χ0v) is 14.4. The van der Waals surface area contributed by atoms with Crippen molar-refractivity contribution in [2.24, 2.45) is 5.92 Å². The van der Waals surface area contributed by atoms with Gasteiger partial charge in [-0.1, -0.05) is 0 Å². The number of carbonyl (C=O) groups is 2. The third-order valence-electron chi connectivity index (χ3n) is 3.72. The van der Waals surface area contributed by atoms with Gasteiger partial charge < -0.3 is 15.5 Å². The quantitative estimate of drug-likeness (QED) is 0.846. The second-order valence-electron chi connectivity index (χ2n) is 5.68. The first-order chi connectivity index (χ1) is 10.5. The molecule has 0 spiro atoms. The Labute approximate surface area is 138 Å². The molecule has 1 aliphatic heterocycles. The number of hydrogen-bond acceptors (Lipinski definition) is 4. The average molecular weight is 369 g/mol. The molecule has 6 nitrogen and oxygen atoms in total. The fraction of sp³-hybridized carbons (Fsp3) is 0.533. The van der Waals surface area contributed by atoms with Crippen molar-refractivity contribution in [3.05, 3.63) is 22.8 Å². The molecule has 0 bridgehead atoms. The molecule has 1 saturated heterocycles. The van der Waals surface area contributed by atoms with Gasteiger partial charge in [0.1, 0.15) is 5.82 Å². The van der Waals surface area contributed by atoms with Gasteiger partial charge in [0, 0.05) is 29.7 Å². The lowest BCUT2D eigenvalue weighted by atomic mass is 9.92. The first-order valence-corrected chi connectivity index (χ1v) is 8.14. The maximum Gasteiger partial charge on any atom is 0.245 e. The number of anilines is 1. The van der Waals surface area contributed by atoms with Crippen LogP contribution in [0.4, 0.5) is 5.82 Å². The lowest BCUT2D eigenvalue weighted by molar-refractivity contribution is -0.137. The summed E-state index contributed by atoms with van der Waals surface area (Å²) in [6, 6.07) is 3.85. The molecule has 1 aromatic rings. The van der Waals surface area contributed by atoms with E-state index >= 15 is 0 Å². The topological polar surface area (TPSA) is 74.3 Å². The lowest BCUT2D eigenvalue weighted by Gasteiger charge is -2.30. The summed E-state index contributed by atoms with van der Waals surface area (Å²) in [5, 5.41) is 6.01. The van der Waals surface area contributed by atoms with Crippen LogP contribution < -0.4 is 10.6 Å². The molecular weight excluding hydrogens is 348 g/mol. The molecule has 1 fully saturated rings. The average Bonchev–Trinajstić information content (AvgIpc) is 2.48. The van der Waals surface area contributed by atoms with Crippen LogP contribution in [0.25, 0.3) is 0 Å². The van der Waals surface area contributed by atoms with Gasteiger partial charge in [-0.3, -0.25) is 9.59 Å². The molecule has 7 heteroatoms. The molecule has 0 aromatic carbocycles. The van der Waals surface area contributed by atoms with Gasteiger partial charge in [0.15, 0.2) is 0 Å². The first-order valence-electron chi connectivity index (χ1n) is 7.35. The van der Waals surface area contributed by atoms with Gasteiger partial charge in [0.05, 0.1) is 6.54 Å².